The van der Waals surface area contributed by atoms with Crippen molar-refractivity contribution >= 4 is 17.5 Å². The Morgan fingerprint density at radius 3 is 2.70 bits per heavy atom. The minimum Gasteiger partial charge on any atom is -0.349 e. The van der Waals surface area contributed by atoms with Crippen molar-refractivity contribution in [2.24, 2.45) is 0 Å². The van der Waals surface area contributed by atoms with Gasteiger partial charge in [-0.15, -0.1) is 0 Å². The van der Waals surface area contributed by atoms with E-state index in [0.29, 0.717) is 24.1 Å². The summed E-state index contributed by atoms with van der Waals surface area (Å²) < 4.78 is 0. The predicted octanol–water partition coefficient (Wildman–Crippen LogP) is 2.55. The highest BCUT2D eigenvalue weighted by Crippen LogP contribution is 2.21. The average molecular weight is 309 g/mol. The SMILES string of the molecule is O=C(CCc1cccnc1)Nc1ccccc1C(=O)NC1CC1. The van der Waals surface area contributed by atoms with Crippen LogP contribution in [0, 0.1) is 0 Å². The van der Waals surface area contributed by atoms with Crippen molar-refractivity contribution in [1.29, 1.82) is 0 Å². The summed E-state index contributed by atoms with van der Waals surface area (Å²) in [4.78, 5) is 28.4. The number of nitrogens with zero attached hydrogens (tertiary/aromatic N) is 1. The van der Waals surface area contributed by atoms with Crippen molar-refractivity contribution in [2.75, 3.05) is 5.32 Å². The van der Waals surface area contributed by atoms with Crippen LogP contribution in [0.2, 0.25) is 0 Å². The van der Waals surface area contributed by atoms with Gasteiger partial charge < -0.3 is 10.6 Å². The molecule has 0 bridgehead atoms. The number of aryl methyl sites for hydroxylation is 1. The Labute approximate surface area is 135 Å². The molecule has 0 spiro atoms. The lowest BCUT2D eigenvalue weighted by Gasteiger charge is -2.11. The largest absolute Gasteiger partial charge is 0.349 e. The van der Waals surface area contributed by atoms with Crippen molar-refractivity contribution in [3.8, 4) is 0 Å². The lowest BCUT2D eigenvalue weighted by atomic mass is 10.1. The summed E-state index contributed by atoms with van der Waals surface area (Å²) >= 11 is 0. The van der Waals surface area contributed by atoms with Crippen LogP contribution in [0.4, 0.5) is 5.69 Å². The van der Waals surface area contributed by atoms with Gasteiger partial charge in [0, 0.05) is 24.9 Å². The smallest absolute Gasteiger partial charge is 0.253 e. The van der Waals surface area contributed by atoms with Crippen LogP contribution in [0.25, 0.3) is 0 Å². The summed E-state index contributed by atoms with van der Waals surface area (Å²) in [7, 11) is 0. The number of pyridine rings is 1. The van der Waals surface area contributed by atoms with E-state index in [9.17, 15) is 9.59 Å². The van der Waals surface area contributed by atoms with E-state index in [1.54, 1.807) is 30.6 Å². The number of carbonyl (C=O) groups is 2. The first-order chi connectivity index (χ1) is 11.2. The standard InChI is InChI=1S/C18H19N3O2/c22-17(10-7-13-4-3-11-19-12-13)21-16-6-2-1-5-15(16)18(23)20-14-8-9-14/h1-6,11-12,14H,7-10H2,(H,20,23)(H,21,22). The highest BCUT2D eigenvalue weighted by atomic mass is 16.2. The van der Waals surface area contributed by atoms with Crippen LogP contribution in [0.3, 0.4) is 0 Å². The number of benzene rings is 1. The molecule has 2 amide bonds. The number of anilines is 1. The number of rotatable bonds is 6. The third kappa shape index (κ3) is 4.39. The van der Waals surface area contributed by atoms with Crippen LogP contribution in [-0.4, -0.2) is 22.8 Å². The van der Waals surface area contributed by atoms with E-state index >= 15 is 0 Å². The summed E-state index contributed by atoms with van der Waals surface area (Å²) in [5.41, 5.74) is 2.08. The second kappa shape index (κ2) is 7.05. The highest BCUT2D eigenvalue weighted by Gasteiger charge is 2.24. The Kier molecular flexibility index (Phi) is 4.66. The molecule has 0 unspecified atom stereocenters. The topological polar surface area (TPSA) is 71.1 Å². The number of para-hydroxylation sites is 1. The van der Waals surface area contributed by atoms with Gasteiger partial charge in [-0.3, -0.25) is 14.6 Å². The molecule has 5 nitrogen and oxygen atoms in total. The van der Waals surface area contributed by atoms with Crippen LogP contribution in [0.15, 0.2) is 48.8 Å². The first-order valence-corrected chi connectivity index (χ1v) is 7.81. The molecule has 1 saturated carbocycles. The van der Waals surface area contributed by atoms with E-state index in [1.807, 2.05) is 18.2 Å². The molecule has 2 N–H and O–H groups in total. The van der Waals surface area contributed by atoms with Crippen LogP contribution < -0.4 is 10.6 Å². The number of aromatic nitrogens is 1. The second-order valence-electron chi connectivity index (χ2n) is 5.70. The Morgan fingerprint density at radius 2 is 1.96 bits per heavy atom. The maximum absolute atomic E-state index is 12.2. The Bertz CT molecular complexity index is 696. The molecule has 1 aromatic carbocycles. The average Bonchev–Trinajstić information content (AvgIpc) is 3.38. The minimum absolute atomic E-state index is 0.111. The highest BCUT2D eigenvalue weighted by molar-refractivity contribution is 6.03. The van der Waals surface area contributed by atoms with Gasteiger partial charge in [-0.1, -0.05) is 18.2 Å². The number of hydrogen-bond donors (Lipinski definition) is 2. The van der Waals surface area contributed by atoms with Crippen LogP contribution in [0.1, 0.15) is 35.2 Å². The molecule has 118 valence electrons. The number of carbonyl (C=O) groups excluding carboxylic acids is 2. The zero-order chi connectivity index (χ0) is 16.1. The van der Waals surface area contributed by atoms with Crippen LogP contribution in [-0.2, 0) is 11.2 Å². The fraction of sp³-hybridized carbons (Fsp3) is 0.278. The van der Waals surface area contributed by atoms with Crippen molar-refractivity contribution < 1.29 is 9.59 Å². The fourth-order valence-corrected chi connectivity index (χ4v) is 2.30. The molecule has 0 saturated heterocycles. The Hall–Kier alpha value is -2.69. The van der Waals surface area contributed by atoms with Crippen molar-refractivity contribution in [1.82, 2.24) is 10.3 Å². The van der Waals surface area contributed by atoms with Gasteiger partial charge in [0.15, 0.2) is 0 Å². The molecule has 1 fully saturated rings. The lowest BCUT2D eigenvalue weighted by Crippen LogP contribution is -2.27. The summed E-state index contributed by atoms with van der Waals surface area (Å²) in [6.45, 7) is 0. The van der Waals surface area contributed by atoms with Crippen molar-refractivity contribution in [3.63, 3.8) is 0 Å². The van der Waals surface area contributed by atoms with E-state index < -0.39 is 0 Å². The lowest BCUT2D eigenvalue weighted by molar-refractivity contribution is -0.116. The summed E-state index contributed by atoms with van der Waals surface area (Å²) in [6, 6.07) is 11.2. The molecule has 23 heavy (non-hydrogen) atoms. The predicted molar refractivity (Wildman–Crippen MR) is 88.1 cm³/mol. The third-order valence-electron chi connectivity index (χ3n) is 3.72. The molecule has 0 atom stereocenters. The number of amides is 2. The molecular formula is C18H19N3O2. The summed E-state index contributed by atoms with van der Waals surface area (Å²) in [5.74, 6) is -0.240. The third-order valence-corrected chi connectivity index (χ3v) is 3.72. The first-order valence-electron chi connectivity index (χ1n) is 7.81. The molecule has 3 rings (SSSR count). The van der Waals surface area contributed by atoms with Gasteiger partial charge in [0.25, 0.3) is 5.91 Å². The fourth-order valence-electron chi connectivity index (χ4n) is 2.30. The molecule has 1 aliphatic carbocycles. The van der Waals surface area contributed by atoms with Crippen molar-refractivity contribution in [2.45, 2.75) is 31.7 Å². The van der Waals surface area contributed by atoms with E-state index in [1.165, 1.54) is 0 Å². The van der Waals surface area contributed by atoms with E-state index in [2.05, 4.69) is 15.6 Å². The van der Waals surface area contributed by atoms with E-state index in [4.69, 9.17) is 0 Å². The molecule has 1 heterocycles. The zero-order valence-electron chi connectivity index (χ0n) is 12.8. The first kappa shape index (κ1) is 15.2. The van der Waals surface area contributed by atoms with Gasteiger partial charge in [0.1, 0.15) is 0 Å². The quantitative estimate of drug-likeness (QED) is 0.861. The van der Waals surface area contributed by atoms with E-state index in [0.717, 1.165) is 18.4 Å². The van der Waals surface area contributed by atoms with Gasteiger partial charge in [0.05, 0.1) is 11.3 Å². The molecule has 2 aromatic rings. The van der Waals surface area contributed by atoms with Gasteiger partial charge in [0.2, 0.25) is 5.91 Å². The monoisotopic (exact) mass is 309 g/mol. The molecule has 1 aromatic heterocycles. The maximum Gasteiger partial charge on any atom is 0.253 e. The molecule has 0 aliphatic heterocycles. The summed E-state index contributed by atoms with van der Waals surface area (Å²) in [5, 5.41) is 5.78. The maximum atomic E-state index is 12.2. The normalized spacial score (nSPS) is 13.4. The summed E-state index contributed by atoms with van der Waals surface area (Å²) in [6.07, 6.45) is 6.50. The van der Waals surface area contributed by atoms with Gasteiger partial charge in [-0.05, 0) is 43.0 Å². The molecule has 5 heteroatoms. The Balaban J connectivity index is 1.60. The number of nitrogens with one attached hydrogen (secondary N) is 2. The second-order valence-corrected chi connectivity index (χ2v) is 5.70. The number of hydrogen-bond acceptors (Lipinski definition) is 3. The Morgan fingerprint density at radius 1 is 1.13 bits per heavy atom. The molecular weight excluding hydrogens is 290 g/mol. The van der Waals surface area contributed by atoms with Crippen molar-refractivity contribution in [3.05, 3.63) is 59.9 Å². The minimum atomic E-state index is -0.129. The zero-order valence-corrected chi connectivity index (χ0v) is 12.8. The molecule has 1 aliphatic rings. The van der Waals surface area contributed by atoms with Gasteiger partial charge in [-0.2, -0.15) is 0 Å². The molecule has 0 radical (unpaired) electrons. The van der Waals surface area contributed by atoms with Crippen LogP contribution in [0.5, 0.6) is 0 Å². The van der Waals surface area contributed by atoms with E-state index in [-0.39, 0.29) is 17.9 Å². The van der Waals surface area contributed by atoms with Gasteiger partial charge >= 0.3 is 0 Å². The van der Waals surface area contributed by atoms with Gasteiger partial charge in [-0.25, -0.2) is 0 Å². The van der Waals surface area contributed by atoms with Crippen LogP contribution >= 0.6 is 0 Å².